The Morgan fingerprint density at radius 2 is 2.00 bits per heavy atom. The number of nitrogens with zero attached hydrogens (tertiary/aromatic N) is 4. The molecule has 0 bridgehead atoms. The Kier molecular flexibility index (Phi) is 6.71. The van der Waals surface area contributed by atoms with E-state index in [0.717, 1.165) is 5.56 Å². The van der Waals surface area contributed by atoms with Crippen molar-refractivity contribution in [1.29, 1.82) is 0 Å². The number of aryl methyl sites for hydroxylation is 1. The Balaban J connectivity index is 1.96. The molecule has 0 aliphatic rings. The van der Waals surface area contributed by atoms with E-state index >= 15 is 0 Å². The van der Waals surface area contributed by atoms with Gasteiger partial charge in [-0.3, -0.25) is 9.48 Å². The van der Waals surface area contributed by atoms with Gasteiger partial charge in [0.05, 0.1) is 6.54 Å². The minimum absolute atomic E-state index is 0.00411. The van der Waals surface area contributed by atoms with Gasteiger partial charge in [0.2, 0.25) is 0 Å². The quantitative estimate of drug-likeness (QED) is 0.794. The molecule has 3 amide bonds. The molecule has 2 N–H and O–H groups in total. The number of anilines is 1. The number of benzene rings is 1. The largest absolute Gasteiger partial charge is 0.339 e. The third-order valence-corrected chi connectivity index (χ3v) is 4.08. The van der Waals surface area contributed by atoms with Crippen molar-refractivity contribution in [2.75, 3.05) is 18.4 Å². The predicted molar refractivity (Wildman–Crippen MR) is 100 cm³/mol. The van der Waals surface area contributed by atoms with Crippen LogP contribution < -0.4 is 10.6 Å². The first kappa shape index (κ1) is 19.4. The highest BCUT2D eigenvalue weighted by Crippen LogP contribution is 2.18. The monoisotopic (exact) mass is 358 g/mol. The van der Waals surface area contributed by atoms with Crippen LogP contribution in [0.3, 0.4) is 0 Å². The SMILES string of the molecule is CCN(CC)C(=O)c1ccc(NC(=O)N[C@@H](C)Cn2cncn2)c(C)c1. The van der Waals surface area contributed by atoms with Crippen molar-refractivity contribution in [2.24, 2.45) is 0 Å². The summed E-state index contributed by atoms with van der Waals surface area (Å²) >= 11 is 0. The second kappa shape index (κ2) is 8.98. The van der Waals surface area contributed by atoms with Crippen LogP contribution in [0.1, 0.15) is 36.7 Å². The van der Waals surface area contributed by atoms with E-state index in [9.17, 15) is 9.59 Å². The van der Waals surface area contributed by atoms with E-state index in [4.69, 9.17) is 0 Å². The molecule has 1 heterocycles. The van der Waals surface area contributed by atoms with Crippen molar-refractivity contribution in [1.82, 2.24) is 25.0 Å². The average Bonchev–Trinajstić information content (AvgIpc) is 3.10. The van der Waals surface area contributed by atoms with Crippen LogP contribution in [0.4, 0.5) is 10.5 Å². The molecule has 0 radical (unpaired) electrons. The summed E-state index contributed by atoms with van der Waals surface area (Å²) in [5.74, 6) is -0.00411. The summed E-state index contributed by atoms with van der Waals surface area (Å²) in [7, 11) is 0. The standard InChI is InChI=1S/C18H26N6O2/c1-5-23(6-2)17(25)15-7-8-16(13(3)9-15)22-18(26)21-14(4)10-24-12-19-11-20-24/h7-9,11-12,14H,5-6,10H2,1-4H3,(H2,21,22,26)/t14-/m0/s1. The summed E-state index contributed by atoms with van der Waals surface area (Å²) in [6, 6.07) is 4.88. The highest BCUT2D eigenvalue weighted by atomic mass is 16.2. The van der Waals surface area contributed by atoms with Gasteiger partial charge in [-0.2, -0.15) is 5.10 Å². The second-order valence-electron chi connectivity index (χ2n) is 6.12. The smallest absolute Gasteiger partial charge is 0.319 e. The Morgan fingerprint density at radius 1 is 1.27 bits per heavy atom. The van der Waals surface area contributed by atoms with E-state index in [1.54, 1.807) is 34.1 Å². The molecule has 0 saturated heterocycles. The van der Waals surface area contributed by atoms with Crippen molar-refractivity contribution in [3.8, 4) is 0 Å². The number of rotatable bonds is 7. The lowest BCUT2D eigenvalue weighted by molar-refractivity contribution is 0.0773. The van der Waals surface area contributed by atoms with Gasteiger partial charge in [-0.15, -0.1) is 0 Å². The van der Waals surface area contributed by atoms with Crippen LogP contribution in [-0.2, 0) is 6.54 Å². The zero-order chi connectivity index (χ0) is 19.1. The fraction of sp³-hybridized carbons (Fsp3) is 0.444. The van der Waals surface area contributed by atoms with Crippen LogP contribution in [0.2, 0.25) is 0 Å². The number of hydrogen-bond acceptors (Lipinski definition) is 4. The van der Waals surface area contributed by atoms with E-state index in [-0.39, 0.29) is 18.0 Å². The first-order valence-corrected chi connectivity index (χ1v) is 8.74. The maximum absolute atomic E-state index is 12.4. The van der Waals surface area contributed by atoms with Crippen molar-refractivity contribution in [3.63, 3.8) is 0 Å². The van der Waals surface area contributed by atoms with Crippen LogP contribution in [0.25, 0.3) is 0 Å². The van der Waals surface area contributed by atoms with Gasteiger partial charge in [-0.1, -0.05) is 0 Å². The Bertz CT molecular complexity index is 740. The molecule has 8 heteroatoms. The van der Waals surface area contributed by atoms with Crippen LogP contribution in [-0.4, -0.2) is 50.7 Å². The molecule has 0 saturated carbocycles. The summed E-state index contributed by atoms with van der Waals surface area (Å²) < 4.78 is 1.66. The molecule has 8 nitrogen and oxygen atoms in total. The molecule has 0 unspecified atom stereocenters. The number of amides is 3. The van der Waals surface area contributed by atoms with Gasteiger partial charge >= 0.3 is 6.03 Å². The van der Waals surface area contributed by atoms with Crippen LogP contribution in [0.5, 0.6) is 0 Å². The molecule has 2 rings (SSSR count). The highest BCUT2D eigenvalue weighted by Gasteiger charge is 2.14. The summed E-state index contributed by atoms with van der Waals surface area (Å²) in [4.78, 5) is 30.2. The molecular weight excluding hydrogens is 332 g/mol. The fourth-order valence-electron chi connectivity index (χ4n) is 2.67. The van der Waals surface area contributed by atoms with Crippen LogP contribution in [0, 0.1) is 6.92 Å². The van der Waals surface area contributed by atoms with E-state index in [1.165, 1.54) is 6.33 Å². The van der Waals surface area contributed by atoms with Crippen molar-refractivity contribution in [3.05, 3.63) is 42.0 Å². The predicted octanol–water partition coefficient (Wildman–Crippen LogP) is 2.28. The lowest BCUT2D eigenvalue weighted by Gasteiger charge is -2.19. The van der Waals surface area contributed by atoms with Gasteiger partial charge in [-0.05, 0) is 51.5 Å². The zero-order valence-corrected chi connectivity index (χ0v) is 15.7. The lowest BCUT2D eigenvalue weighted by atomic mass is 10.1. The van der Waals surface area contributed by atoms with E-state index < -0.39 is 0 Å². The van der Waals surface area contributed by atoms with Gasteiger partial charge in [0.25, 0.3) is 5.91 Å². The number of urea groups is 1. The second-order valence-corrected chi connectivity index (χ2v) is 6.12. The Hall–Kier alpha value is -2.90. The number of carbonyl (C=O) groups excluding carboxylic acids is 2. The van der Waals surface area contributed by atoms with Gasteiger partial charge in [-0.25, -0.2) is 9.78 Å². The van der Waals surface area contributed by atoms with Gasteiger partial charge in [0.15, 0.2) is 0 Å². The zero-order valence-electron chi connectivity index (χ0n) is 15.7. The fourth-order valence-corrected chi connectivity index (χ4v) is 2.67. The van der Waals surface area contributed by atoms with Crippen molar-refractivity contribution < 1.29 is 9.59 Å². The molecule has 0 aliphatic carbocycles. The molecule has 0 aliphatic heterocycles. The topological polar surface area (TPSA) is 92.2 Å². The number of nitrogens with one attached hydrogen (secondary N) is 2. The summed E-state index contributed by atoms with van der Waals surface area (Å²) in [6.07, 6.45) is 3.06. The van der Waals surface area contributed by atoms with Crippen molar-refractivity contribution >= 4 is 17.6 Å². The number of carbonyl (C=O) groups is 2. The minimum atomic E-state index is -0.302. The normalized spacial score (nSPS) is 11.7. The summed E-state index contributed by atoms with van der Waals surface area (Å²) in [5, 5.41) is 9.69. The summed E-state index contributed by atoms with van der Waals surface area (Å²) in [5.41, 5.74) is 2.13. The van der Waals surface area contributed by atoms with E-state index in [1.807, 2.05) is 27.7 Å². The molecule has 1 aromatic heterocycles. The van der Waals surface area contributed by atoms with E-state index in [0.29, 0.717) is 30.9 Å². The molecular formula is C18H26N6O2. The van der Waals surface area contributed by atoms with Crippen LogP contribution in [0.15, 0.2) is 30.9 Å². The van der Waals surface area contributed by atoms with E-state index in [2.05, 4.69) is 20.7 Å². The molecule has 1 aromatic carbocycles. The Labute approximate surface area is 153 Å². The van der Waals surface area contributed by atoms with Crippen LogP contribution >= 0.6 is 0 Å². The molecule has 26 heavy (non-hydrogen) atoms. The Morgan fingerprint density at radius 3 is 2.58 bits per heavy atom. The maximum Gasteiger partial charge on any atom is 0.319 e. The minimum Gasteiger partial charge on any atom is -0.339 e. The van der Waals surface area contributed by atoms with Gasteiger partial charge in [0.1, 0.15) is 12.7 Å². The third kappa shape index (κ3) is 5.05. The maximum atomic E-state index is 12.4. The molecule has 0 spiro atoms. The molecule has 1 atom stereocenters. The highest BCUT2D eigenvalue weighted by molar-refractivity contribution is 5.96. The molecule has 2 aromatic rings. The number of aromatic nitrogens is 3. The first-order valence-electron chi connectivity index (χ1n) is 8.74. The lowest BCUT2D eigenvalue weighted by Crippen LogP contribution is -2.38. The summed E-state index contributed by atoms with van der Waals surface area (Å²) in [6.45, 7) is 9.53. The number of hydrogen-bond donors (Lipinski definition) is 2. The first-order chi connectivity index (χ1) is 12.4. The molecule has 140 valence electrons. The third-order valence-electron chi connectivity index (χ3n) is 4.08. The van der Waals surface area contributed by atoms with Crippen molar-refractivity contribution in [2.45, 2.75) is 40.3 Å². The van der Waals surface area contributed by atoms with Gasteiger partial charge < -0.3 is 15.5 Å². The average molecular weight is 358 g/mol. The van der Waals surface area contributed by atoms with Gasteiger partial charge in [0, 0.05) is 30.4 Å². The molecule has 0 fully saturated rings.